The second-order valence-corrected chi connectivity index (χ2v) is 7.14. The number of hydrogen-bond acceptors (Lipinski definition) is 3. The summed E-state index contributed by atoms with van der Waals surface area (Å²) in [4.78, 5) is 7.23. The quantitative estimate of drug-likeness (QED) is 0.647. The molecule has 0 saturated carbocycles. The van der Waals surface area contributed by atoms with Crippen LogP contribution in [0, 0.1) is 5.92 Å². The Morgan fingerprint density at radius 3 is 3.05 bits per heavy atom. The van der Waals surface area contributed by atoms with Gasteiger partial charge in [-0.1, -0.05) is 36.5 Å². The van der Waals surface area contributed by atoms with Crippen LogP contribution in [0.5, 0.6) is 0 Å². The van der Waals surface area contributed by atoms with E-state index in [0.717, 1.165) is 16.6 Å². The topological polar surface area (TPSA) is 17.3 Å². The number of hydrogen-bond donors (Lipinski definition) is 0. The van der Waals surface area contributed by atoms with Crippen LogP contribution in [0.2, 0.25) is 0 Å². The first-order valence-corrected chi connectivity index (χ1v) is 8.31. The molecule has 4 heteroatoms. The molecule has 2 aromatic heterocycles. The van der Waals surface area contributed by atoms with Gasteiger partial charge in [0.15, 0.2) is 4.96 Å². The van der Waals surface area contributed by atoms with Crippen LogP contribution in [0.1, 0.15) is 19.0 Å². The zero-order valence-corrected chi connectivity index (χ0v) is 12.3. The summed E-state index contributed by atoms with van der Waals surface area (Å²) >= 11 is 3.70. The molecule has 0 fully saturated rings. The highest BCUT2D eigenvalue weighted by Gasteiger charge is 2.16. The van der Waals surface area contributed by atoms with Crippen LogP contribution < -0.4 is 0 Å². The van der Waals surface area contributed by atoms with E-state index in [0.29, 0.717) is 0 Å². The Labute approximate surface area is 120 Å². The third-order valence-electron chi connectivity index (χ3n) is 3.48. The van der Waals surface area contributed by atoms with Gasteiger partial charge < -0.3 is 0 Å². The monoisotopic (exact) mass is 286 g/mol. The summed E-state index contributed by atoms with van der Waals surface area (Å²) in [5.41, 5.74) is 2.39. The number of benzene rings is 1. The molecule has 1 aromatic carbocycles. The second-order valence-electron chi connectivity index (χ2n) is 5.07. The van der Waals surface area contributed by atoms with Crippen molar-refractivity contribution in [3.8, 4) is 0 Å². The molecule has 0 spiro atoms. The fourth-order valence-corrected chi connectivity index (χ4v) is 4.48. The molecule has 96 valence electrons. The molecule has 3 aromatic rings. The van der Waals surface area contributed by atoms with E-state index in [9.17, 15) is 0 Å². The van der Waals surface area contributed by atoms with E-state index < -0.39 is 0 Å². The summed E-state index contributed by atoms with van der Waals surface area (Å²) in [7, 11) is 0. The zero-order valence-electron chi connectivity index (χ0n) is 10.7. The number of allylic oxidation sites excluding steroid dienone is 1. The average Bonchev–Trinajstić information content (AvgIpc) is 2.97. The number of imidazole rings is 1. The van der Waals surface area contributed by atoms with Crippen molar-refractivity contribution in [2.75, 3.05) is 5.75 Å². The van der Waals surface area contributed by atoms with Crippen molar-refractivity contribution >= 4 is 43.2 Å². The number of para-hydroxylation sites is 1. The van der Waals surface area contributed by atoms with Gasteiger partial charge in [-0.15, -0.1) is 11.8 Å². The lowest BCUT2D eigenvalue weighted by Gasteiger charge is -2.15. The maximum Gasteiger partial charge on any atom is 0.195 e. The summed E-state index contributed by atoms with van der Waals surface area (Å²) in [6.07, 6.45) is 5.70. The van der Waals surface area contributed by atoms with Crippen LogP contribution in [0.25, 0.3) is 20.1 Å². The molecule has 1 unspecified atom stereocenters. The SMILES string of the molecule is CC1CC=C(c2cn3c(n2)sc2ccccc23)SC1. The van der Waals surface area contributed by atoms with Gasteiger partial charge in [0.1, 0.15) is 0 Å². The molecule has 3 heterocycles. The number of thioether (sulfide) groups is 1. The van der Waals surface area contributed by atoms with E-state index in [2.05, 4.69) is 47.9 Å². The van der Waals surface area contributed by atoms with E-state index in [-0.39, 0.29) is 0 Å². The van der Waals surface area contributed by atoms with Crippen LogP contribution in [-0.4, -0.2) is 15.1 Å². The van der Waals surface area contributed by atoms with Crippen LogP contribution in [0.3, 0.4) is 0 Å². The Balaban J connectivity index is 1.84. The van der Waals surface area contributed by atoms with Gasteiger partial charge in [-0.05, 0) is 24.5 Å². The normalized spacial score (nSPS) is 20.1. The molecule has 1 aliphatic heterocycles. The first-order valence-electron chi connectivity index (χ1n) is 6.51. The lowest BCUT2D eigenvalue weighted by molar-refractivity contribution is 0.674. The first kappa shape index (κ1) is 11.6. The van der Waals surface area contributed by atoms with E-state index in [1.54, 1.807) is 11.3 Å². The Kier molecular flexibility index (Phi) is 2.67. The zero-order chi connectivity index (χ0) is 12.8. The van der Waals surface area contributed by atoms with Gasteiger partial charge in [0.2, 0.25) is 0 Å². The maximum atomic E-state index is 4.79. The van der Waals surface area contributed by atoms with E-state index in [4.69, 9.17) is 4.98 Å². The molecule has 4 rings (SSSR count). The molecule has 19 heavy (non-hydrogen) atoms. The van der Waals surface area contributed by atoms with Crippen molar-refractivity contribution in [1.29, 1.82) is 0 Å². The van der Waals surface area contributed by atoms with Gasteiger partial charge in [-0.2, -0.15) is 0 Å². The van der Waals surface area contributed by atoms with Crippen LogP contribution >= 0.6 is 23.1 Å². The Bertz CT molecular complexity index is 782. The molecule has 1 aliphatic rings. The number of fused-ring (bicyclic) bond motifs is 3. The molecular weight excluding hydrogens is 272 g/mol. The van der Waals surface area contributed by atoms with Gasteiger partial charge in [-0.3, -0.25) is 4.40 Å². The predicted octanol–water partition coefficient (Wildman–Crippen LogP) is 4.66. The molecule has 0 N–H and O–H groups in total. The molecule has 1 atom stereocenters. The second kappa shape index (κ2) is 4.39. The van der Waals surface area contributed by atoms with E-state index in [1.807, 2.05) is 11.8 Å². The minimum atomic E-state index is 0.790. The van der Waals surface area contributed by atoms with E-state index in [1.165, 1.54) is 27.3 Å². The van der Waals surface area contributed by atoms with Crippen molar-refractivity contribution in [1.82, 2.24) is 9.38 Å². The highest BCUT2D eigenvalue weighted by Crippen LogP contribution is 2.36. The summed E-state index contributed by atoms with van der Waals surface area (Å²) in [5.74, 6) is 2.00. The molecule has 0 aliphatic carbocycles. The molecule has 0 bridgehead atoms. The lowest BCUT2D eigenvalue weighted by atomic mass is 10.1. The molecular formula is C15H14N2S2. The third kappa shape index (κ3) is 1.90. The Morgan fingerprint density at radius 1 is 1.32 bits per heavy atom. The molecule has 0 saturated heterocycles. The number of rotatable bonds is 1. The highest BCUT2D eigenvalue weighted by atomic mass is 32.2. The fraction of sp³-hybridized carbons (Fsp3) is 0.267. The standard InChI is InChI=1S/C15H14N2S2/c1-10-6-7-13(18-9-10)11-8-17-12-4-2-3-5-14(12)19-15(17)16-11/h2-5,7-8,10H,6,9H2,1H3. The van der Waals surface area contributed by atoms with Crippen molar-refractivity contribution in [2.24, 2.45) is 5.92 Å². The number of nitrogens with zero attached hydrogens (tertiary/aromatic N) is 2. The highest BCUT2D eigenvalue weighted by molar-refractivity contribution is 8.08. The third-order valence-corrected chi connectivity index (χ3v) is 5.94. The lowest BCUT2D eigenvalue weighted by Crippen LogP contribution is -2.01. The summed E-state index contributed by atoms with van der Waals surface area (Å²) in [6.45, 7) is 2.31. The first-order chi connectivity index (χ1) is 9.31. The summed E-state index contributed by atoms with van der Waals surface area (Å²) in [6, 6.07) is 8.49. The van der Waals surface area contributed by atoms with Crippen molar-refractivity contribution in [3.05, 3.63) is 42.2 Å². The molecule has 0 amide bonds. The largest absolute Gasteiger partial charge is 0.290 e. The predicted molar refractivity (Wildman–Crippen MR) is 84.8 cm³/mol. The van der Waals surface area contributed by atoms with Gasteiger partial charge in [0.05, 0.1) is 15.9 Å². The van der Waals surface area contributed by atoms with Crippen LogP contribution in [-0.2, 0) is 0 Å². The van der Waals surface area contributed by atoms with Crippen LogP contribution in [0.15, 0.2) is 36.5 Å². The van der Waals surface area contributed by atoms with Crippen molar-refractivity contribution < 1.29 is 0 Å². The van der Waals surface area contributed by atoms with Crippen molar-refractivity contribution in [3.63, 3.8) is 0 Å². The smallest absolute Gasteiger partial charge is 0.195 e. The number of thiazole rings is 1. The number of aromatic nitrogens is 2. The van der Waals surface area contributed by atoms with Gasteiger partial charge in [-0.25, -0.2) is 4.98 Å². The van der Waals surface area contributed by atoms with E-state index >= 15 is 0 Å². The van der Waals surface area contributed by atoms with Gasteiger partial charge >= 0.3 is 0 Å². The van der Waals surface area contributed by atoms with Crippen molar-refractivity contribution in [2.45, 2.75) is 13.3 Å². The van der Waals surface area contributed by atoms with Crippen LogP contribution in [0.4, 0.5) is 0 Å². The fourth-order valence-electron chi connectivity index (χ4n) is 2.41. The summed E-state index contributed by atoms with van der Waals surface area (Å²) in [5, 5.41) is 0. The Hall–Kier alpha value is -1.26. The van der Waals surface area contributed by atoms with Gasteiger partial charge in [0.25, 0.3) is 0 Å². The minimum absolute atomic E-state index is 0.790. The maximum absolute atomic E-state index is 4.79. The summed E-state index contributed by atoms with van der Waals surface area (Å²) < 4.78 is 3.52. The molecule has 2 nitrogen and oxygen atoms in total. The average molecular weight is 286 g/mol. The Morgan fingerprint density at radius 2 is 2.21 bits per heavy atom. The van der Waals surface area contributed by atoms with Gasteiger partial charge in [0, 0.05) is 16.9 Å². The molecule has 0 radical (unpaired) electrons. The minimum Gasteiger partial charge on any atom is -0.290 e.